The molecule has 1 aromatic heterocycles. The molecule has 0 fully saturated rings. The summed E-state index contributed by atoms with van der Waals surface area (Å²) < 4.78 is 10.9. The zero-order valence-electron chi connectivity index (χ0n) is 9.81. The van der Waals surface area contributed by atoms with Crippen LogP contribution in [0, 0.1) is 0 Å². The second-order valence-corrected chi connectivity index (χ2v) is 5.04. The average Bonchev–Trinajstić information content (AvgIpc) is 2.72. The normalized spacial score (nSPS) is 10.7. The highest BCUT2D eigenvalue weighted by molar-refractivity contribution is 9.10. The molecular formula is C12H9BrClNO4. The van der Waals surface area contributed by atoms with E-state index in [1.807, 2.05) is 0 Å². The quantitative estimate of drug-likeness (QED) is 0.915. The van der Waals surface area contributed by atoms with Crippen molar-refractivity contribution in [3.63, 3.8) is 0 Å². The van der Waals surface area contributed by atoms with Gasteiger partial charge in [-0.05, 0) is 18.2 Å². The molecule has 0 radical (unpaired) electrons. The number of hydrogen-bond acceptors (Lipinski definition) is 4. The molecule has 1 aromatic carbocycles. The van der Waals surface area contributed by atoms with Gasteiger partial charge < -0.3 is 14.3 Å². The third kappa shape index (κ3) is 3.15. The molecule has 7 heteroatoms. The van der Waals surface area contributed by atoms with E-state index in [1.165, 1.54) is 7.11 Å². The van der Waals surface area contributed by atoms with Gasteiger partial charge in [-0.25, -0.2) is 9.78 Å². The van der Waals surface area contributed by atoms with Crippen molar-refractivity contribution in [3.8, 4) is 11.5 Å². The maximum absolute atomic E-state index is 11.1. The van der Waals surface area contributed by atoms with Gasteiger partial charge in [0.1, 0.15) is 5.69 Å². The molecule has 100 valence electrons. The molecule has 0 atom stereocenters. The van der Waals surface area contributed by atoms with Crippen molar-refractivity contribution in [1.29, 1.82) is 0 Å². The van der Waals surface area contributed by atoms with Gasteiger partial charge in [-0.3, -0.25) is 0 Å². The van der Waals surface area contributed by atoms with E-state index in [1.54, 1.807) is 18.2 Å². The molecule has 0 aliphatic carbocycles. The Morgan fingerprint density at radius 1 is 1.53 bits per heavy atom. The fourth-order valence-electron chi connectivity index (χ4n) is 1.55. The number of carboxylic acids is 1. The number of carbonyl (C=O) groups is 1. The SMILES string of the molecule is COCc1nc(-c2cc(Cl)cc(Br)c2)oc1C(=O)O. The van der Waals surface area contributed by atoms with Crippen LogP contribution in [0.4, 0.5) is 0 Å². The summed E-state index contributed by atoms with van der Waals surface area (Å²) in [5.74, 6) is -1.23. The number of hydrogen-bond donors (Lipinski definition) is 1. The Labute approximate surface area is 122 Å². The molecule has 0 amide bonds. The number of benzene rings is 1. The van der Waals surface area contributed by atoms with Crippen LogP contribution in [-0.4, -0.2) is 23.2 Å². The van der Waals surface area contributed by atoms with E-state index in [0.717, 1.165) is 4.47 Å². The van der Waals surface area contributed by atoms with E-state index in [9.17, 15) is 4.79 Å². The van der Waals surface area contributed by atoms with Crippen molar-refractivity contribution in [2.75, 3.05) is 7.11 Å². The van der Waals surface area contributed by atoms with Gasteiger partial charge in [-0.2, -0.15) is 0 Å². The van der Waals surface area contributed by atoms with Crippen molar-refractivity contribution in [2.45, 2.75) is 6.61 Å². The van der Waals surface area contributed by atoms with Gasteiger partial charge in [0.05, 0.1) is 6.61 Å². The Hall–Kier alpha value is -1.37. The first kappa shape index (κ1) is 14.0. The molecule has 2 aromatic rings. The van der Waals surface area contributed by atoms with Crippen molar-refractivity contribution in [2.24, 2.45) is 0 Å². The maximum Gasteiger partial charge on any atom is 0.373 e. The molecule has 1 heterocycles. The highest BCUT2D eigenvalue weighted by Gasteiger charge is 2.20. The Morgan fingerprint density at radius 3 is 2.84 bits per heavy atom. The Balaban J connectivity index is 2.50. The molecule has 2 rings (SSSR count). The molecule has 0 saturated heterocycles. The van der Waals surface area contributed by atoms with Crippen LogP contribution >= 0.6 is 27.5 Å². The fourth-order valence-corrected chi connectivity index (χ4v) is 2.41. The van der Waals surface area contributed by atoms with Crippen molar-refractivity contribution < 1.29 is 19.1 Å². The van der Waals surface area contributed by atoms with Gasteiger partial charge >= 0.3 is 5.97 Å². The van der Waals surface area contributed by atoms with Crippen LogP contribution in [0.15, 0.2) is 27.1 Å². The highest BCUT2D eigenvalue weighted by atomic mass is 79.9. The summed E-state index contributed by atoms with van der Waals surface area (Å²) in [5.41, 5.74) is 0.824. The molecule has 0 aliphatic rings. The summed E-state index contributed by atoms with van der Waals surface area (Å²) in [6.07, 6.45) is 0. The second-order valence-electron chi connectivity index (χ2n) is 3.69. The minimum absolute atomic E-state index is 0.0624. The number of halogens is 2. The lowest BCUT2D eigenvalue weighted by Crippen LogP contribution is -2.00. The van der Waals surface area contributed by atoms with Gasteiger partial charge in [-0.15, -0.1) is 0 Å². The van der Waals surface area contributed by atoms with Crippen LogP contribution in [0.5, 0.6) is 0 Å². The lowest BCUT2D eigenvalue weighted by atomic mass is 10.2. The smallest absolute Gasteiger partial charge is 0.373 e. The summed E-state index contributed by atoms with van der Waals surface area (Å²) in [5, 5.41) is 9.53. The number of aromatic carboxylic acids is 1. The summed E-state index contributed by atoms with van der Waals surface area (Å²) in [6.45, 7) is 0.0624. The van der Waals surface area contributed by atoms with E-state index in [4.69, 9.17) is 25.9 Å². The highest BCUT2D eigenvalue weighted by Crippen LogP contribution is 2.28. The van der Waals surface area contributed by atoms with Gasteiger partial charge in [0, 0.05) is 22.2 Å². The first-order valence-corrected chi connectivity index (χ1v) is 6.36. The number of rotatable bonds is 4. The summed E-state index contributed by atoms with van der Waals surface area (Å²) >= 11 is 9.23. The van der Waals surface area contributed by atoms with Crippen LogP contribution < -0.4 is 0 Å². The first-order valence-electron chi connectivity index (χ1n) is 5.19. The molecule has 0 spiro atoms. The molecule has 0 bridgehead atoms. The fraction of sp³-hybridized carbons (Fsp3) is 0.167. The molecule has 19 heavy (non-hydrogen) atoms. The monoisotopic (exact) mass is 345 g/mol. The minimum atomic E-state index is -1.19. The van der Waals surface area contributed by atoms with Crippen LogP contribution in [-0.2, 0) is 11.3 Å². The van der Waals surface area contributed by atoms with Gasteiger partial charge in [0.15, 0.2) is 0 Å². The predicted octanol–water partition coefficient (Wildman–Crippen LogP) is 3.60. The van der Waals surface area contributed by atoms with Crippen molar-refractivity contribution in [1.82, 2.24) is 4.98 Å². The van der Waals surface area contributed by atoms with Crippen LogP contribution in [0.25, 0.3) is 11.5 Å². The standard InChI is InChI=1S/C12H9BrClNO4/c1-18-5-9-10(12(16)17)19-11(15-9)6-2-7(13)4-8(14)3-6/h2-4H,5H2,1H3,(H,16,17). The van der Waals surface area contributed by atoms with Crippen LogP contribution in [0.2, 0.25) is 5.02 Å². The lowest BCUT2D eigenvalue weighted by Gasteiger charge is -1.98. The van der Waals surface area contributed by atoms with E-state index < -0.39 is 5.97 Å². The van der Waals surface area contributed by atoms with Crippen molar-refractivity contribution >= 4 is 33.5 Å². The molecule has 0 aliphatic heterocycles. The molecule has 0 saturated carbocycles. The van der Waals surface area contributed by atoms with Gasteiger partial charge in [0.2, 0.25) is 11.7 Å². The molecular weight excluding hydrogens is 337 g/mol. The first-order chi connectivity index (χ1) is 9.01. The van der Waals surface area contributed by atoms with E-state index in [0.29, 0.717) is 10.6 Å². The van der Waals surface area contributed by atoms with Gasteiger partial charge in [0.25, 0.3) is 0 Å². The zero-order chi connectivity index (χ0) is 14.0. The molecule has 5 nitrogen and oxygen atoms in total. The zero-order valence-corrected chi connectivity index (χ0v) is 12.2. The number of nitrogens with zero attached hydrogens (tertiary/aromatic N) is 1. The predicted molar refractivity (Wildman–Crippen MR) is 72.3 cm³/mol. The largest absolute Gasteiger partial charge is 0.475 e. The molecule has 0 unspecified atom stereocenters. The molecule has 1 N–H and O–H groups in total. The van der Waals surface area contributed by atoms with E-state index in [2.05, 4.69) is 20.9 Å². The third-order valence-corrected chi connectivity index (χ3v) is 2.96. The topological polar surface area (TPSA) is 72.6 Å². The Kier molecular flexibility index (Phi) is 4.24. The van der Waals surface area contributed by atoms with E-state index >= 15 is 0 Å². The third-order valence-electron chi connectivity index (χ3n) is 2.28. The Bertz CT molecular complexity index is 606. The number of oxazole rings is 1. The van der Waals surface area contributed by atoms with E-state index in [-0.39, 0.29) is 24.0 Å². The summed E-state index contributed by atoms with van der Waals surface area (Å²) in [7, 11) is 1.45. The minimum Gasteiger partial charge on any atom is -0.475 e. The number of carboxylic acid groups (broad SMARTS) is 1. The maximum atomic E-state index is 11.1. The lowest BCUT2D eigenvalue weighted by molar-refractivity contribution is 0.0656. The second kappa shape index (κ2) is 5.73. The van der Waals surface area contributed by atoms with Crippen molar-refractivity contribution in [3.05, 3.63) is 39.1 Å². The van der Waals surface area contributed by atoms with Crippen LogP contribution in [0.1, 0.15) is 16.2 Å². The number of methoxy groups -OCH3 is 1. The summed E-state index contributed by atoms with van der Waals surface area (Å²) in [6, 6.07) is 5.09. The summed E-state index contributed by atoms with van der Waals surface area (Å²) in [4.78, 5) is 15.2. The number of ether oxygens (including phenoxy) is 1. The van der Waals surface area contributed by atoms with Crippen LogP contribution in [0.3, 0.4) is 0 Å². The number of aromatic nitrogens is 1. The van der Waals surface area contributed by atoms with Gasteiger partial charge in [-0.1, -0.05) is 27.5 Å². The average molecular weight is 347 g/mol. The Morgan fingerprint density at radius 2 is 2.26 bits per heavy atom.